The van der Waals surface area contributed by atoms with Crippen LogP contribution in [0.1, 0.15) is 34.6 Å². The number of anilines is 1. The highest BCUT2D eigenvalue weighted by molar-refractivity contribution is 6.21. The minimum absolute atomic E-state index is 0.303. The van der Waals surface area contributed by atoms with Gasteiger partial charge in [0.2, 0.25) is 5.71 Å². The average Bonchev–Trinajstić information content (AvgIpc) is 2.88. The summed E-state index contributed by atoms with van der Waals surface area (Å²) in [6, 6.07) is -0.0354. The molecule has 0 atom stereocenters. The molecule has 2 rings (SSSR count). The van der Waals surface area contributed by atoms with Gasteiger partial charge in [0.1, 0.15) is 23.6 Å². The first-order chi connectivity index (χ1) is 12.2. The first-order valence-electron chi connectivity index (χ1n) is 8.76. The number of nitrogen functional groups attached to an aromatic ring is 1. The number of hydrogen-bond donors (Lipinski definition) is 3. The quantitative estimate of drug-likeness (QED) is 0.552. The minimum Gasteiger partial charge on any atom is -0.382 e. The van der Waals surface area contributed by atoms with Crippen LogP contribution >= 0.6 is 0 Å². The van der Waals surface area contributed by atoms with Gasteiger partial charge in [-0.15, -0.1) is 0 Å². The summed E-state index contributed by atoms with van der Waals surface area (Å²) in [5.74, 6) is 0.479. The van der Waals surface area contributed by atoms with Crippen LogP contribution in [0.25, 0.3) is 0 Å². The van der Waals surface area contributed by atoms with Gasteiger partial charge in [-0.05, 0) is 40.7 Å². The maximum atomic E-state index is 11.5. The third-order valence-corrected chi connectivity index (χ3v) is 4.05. The van der Waals surface area contributed by atoms with Crippen molar-refractivity contribution in [2.45, 2.75) is 53.2 Å². The van der Waals surface area contributed by atoms with Gasteiger partial charge in [-0.1, -0.05) is 0 Å². The molecule has 0 spiro atoms. The van der Waals surface area contributed by atoms with E-state index in [0.717, 1.165) is 5.71 Å². The largest absolute Gasteiger partial charge is 0.382 e. The summed E-state index contributed by atoms with van der Waals surface area (Å²) in [4.78, 5) is 16.0. The van der Waals surface area contributed by atoms with Crippen molar-refractivity contribution >= 4 is 29.0 Å². The molecule has 1 aliphatic rings. The Kier molecular flexibility index (Phi) is 5.97. The van der Waals surface area contributed by atoms with E-state index in [4.69, 9.17) is 11.5 Å². The number of amides is 2. The molecule has 0 fully saturated rings. The molecular formula is C18H28N7O+. The molecule has 5 N–H and O–H groups in total. The first-order valence-corrected chi connectivity index (χ1v) is 8.76. The molecule has 0 radical (unpaired) electrons. The van der Waals surface area contributed by atoms with Crippen LogP contribution in [0.5, 0.6) is 0 Å². The van der Waals surface area contributed by atoms with Crippen molar-refractivity contribution in [1.29, 1.82) is 0 Å². The lowest BCUT2D eigenvalue weighted by Crippen LogP contribution is -2.36. The molecule has 0 aromatic carbocycles. The molecule has 1 aromatic rings. The van der Waals surface area contributed by atoms with Crippen LogP contribution < -0.4 is 16.8 Å². The third kappa shape index (κ3) is 4.19. The van der Waals surface area contributed by atoms with Gasteiger partial charge in [0.05, 0.1) is 17.6 Å². The molecule has 8 heteroatoms. The fourth-order valence-corrected chi connectivity index (χ4v) is 3.06. The number of nitrogens with one attached hydrogen (secondary N) is 1. The minimum atomic E-state index is -0.642. The number of nitrogens with zero attached hydrogens (tertiary/aromatic N) is 4. The number of allylic oxidation sites excluding steroid dienone is 3. The van der Waals surface area contributed by atoms with E-state index in [1.807, 2.05) is 25.2 Å². The molecule has 1 aliphatic carbocycles. The van der Waals surface area contributed by atoms with Crippen LogP contribution in [0.4, 0.5) is 16.3 Å². The van der Waals surface area contributed by atoms with E-state index in [0.29, 0.717) is 41.5 Å². The Hall–Kier alpha value is -2.90. The van der Waals surface area contributed by atoms with Crippen LogP contribution in [0.2, 0.25) is 0 Å². The maximum absolute atomic E-state index is 11.5. The monoisotopic (exact) mass is 358 g/mol. The normalized spacial score (nSPS) is 15.7. The van der Waals surface area contributed by atoms with Gasteiger partial charge in [-0.2, -0.15) is 5.10 Å². The molecular weight excluding hydrogens is 330 g/mol. The smallest absolute Gasteiger partial charge is 0.316 e. The van der Waals surface area contributed by atoms with E-state index < -0.39 is 6.03 Å². The average molecular weight is 358 g/mol. The molecule has 26 heavy (non-hydrogen) atoms. The van der Waals surface area contributed by atoms with E-state index in [2.05, 4.69) is 47.7 Å². The van der Waals surface area contributed by atoms with Gasteiger partial charge in [0, 0.05) is 18.7 Å². The van der Waals surface area contributed by atoms with Crippen molar-refractivity contribution in [2.24, 2.45) is 10.7 Å². The molecule has 1 aromatic heterocycles. The van der Waals surface area contributed by atoms with Crippen molar-refractivity contribution in [3.05, 3.63) is 30.1 Å². The third-order valence-electron chi connectivity index (χ3n) is 4.05. The van der Waals surface area contributed by atoms with Crippen LogP contribution in [0.15, 0.2) is 35.1 Å². The van der Waals surface area contributed by atoms with E-state index in [-0.39, 0.29) is 0 Å². The highest BCUT2D eigenvalue weighted by Gasteiger charge is 2.23. The number of carbonyl (C=O) groups excluding carboxylic acids is 1. The van der Waals surface area contributed by atoms with Gasteiger partial charge in [0.25, 0.3) is 0 Å². The van der Waals surface area contributed by atoms with Crippen LogP contribution in [0.3, 0.4) is 0 Å². The maximum Gasteiger partial charge on any atom is 0.316 e. The Bertz CT molecular complexity index is 800. The van der Waals surface area contributed by atoms with Crippen molar-refractivity contribution in [1.82, 2.24) is 15.1 Å². The van der Waals surface area contributed by atoms with Crippen molar-refractivity contribution < 1.29 is 9.37 Å². The molecule has 8 nitrogen and oxygen atoms in total. The highest BCUT2D eigenvalue weighted by atomic mass is 16.2. The van der Waals surface area contributed by atoms with Gasteiger partial charge >= 0.3 is 6.03 Å². The van der Waals surface area contributed by atoms with Crippen molar-refractivity contribution in [3.8, 4) is 0 Å². The zero-order valence-corrected chi connectivity index (χ0v) is 16.0. The zero-order valence-electron chi connectivity index (χ0n) is 16.0. The fraction of sp³-hybridized carbons (Fsp3) is 0.444. The van der Waals surface area contributed by atoms with Crippen LogP contribution in [-0.2, 0) is 6.54 Å². The van der Waals surface area contributed by atoms with Crippen molar-refractivity contribution in [2.75, 3.05) is 5.73 Å². The molecule has 0 unspecified atom stereocenters. The standard InChI is InChI=1S/C18H27N7O/c1-6-24-17(19)16(10-21-24)22-14-8-7-13(9-15(14)23-18(20)26)25(11(2)3)12(4)5/h7-12H,6H2,1-5H3,(H4,19,20,21,23,26)/p+1. The predicted molar refractivity (Wildman–Crippen MR) is 105 cm³/mol. The number of nitrogens with two attached hydrogens (primary N) is 2. The van der Waals surface area contributed by atoms with Crippen molar-refractivity contribution in [3.63, 3.8) is 0 Å². The SMILES string of the molecule is CCn1ncc(/N=C2/C=CC(=[N+](C(C)C)C(C)C)C=C2NC(N)=O)c1N. The number of aryl methyl sites for hydroxylation is 1. The van der Waals surface area contributed by atoms with Gasteiger partial charge in [-0.3, -0.25) is 0 Å². The van der Waals surface area contributed by atoms with Crippen LogP contribution in [-0.4, -0.2) is 43.9 Å². The van der Waals surface area contributed by atoms with Gasteiger partial charge in [0.15, 0.2) is 0 Å². The Morgan fingerprint density at radius 3 is 2.46 bits per heavy atom. The van der Waals surface area contributed by atoms with Gasteiger partial charge < -0.3 is 16.8 Å². The number of carbonyl (C=O) groups is 1. The number of aliphatic imine (C=N–C) groups is 1. The molecule has 140 valence electrons. The van der Waals surface area contributed by atoms with Gasteiger partial charge in [-0.25, -0.2) is 19.0 Å². The number of urea groups is 1. The molecule has 1 heterocycles. The summed E-state index contributed by atoms with van der Waals surface area (Å²) >= 11 is 0. The number of hydrogen-bond acceptors (Lipinski definition) is 4. The molecule has 0 aliphatic heterocycles. The lowest BCUT2D eigenvalue weighted by atomic mass is 10.1. The Morgan fingerprint density at radius 1 is 1.31 bits per heavy atom. The fourth-order valence-electron chi connectivity index (χ4n) is 3.06. The summed E-state index contributed by atoms with van der Waals surface area (Å²) in [7, 11) is 0. The summed E-state index contributed by atoms with van der Waals surface area (Å²) in [5, 5.41) is 6.85. The Balaban J connectivity index is 2.52. The molecule has 2 amide bonds. The Labute approximate surface area is 154 Å². The summed E-state index contributed by atoms with van der Waals surface area (Å²) < 4.78 is 3.91. The van der Waals surface area contributed by atoms with E-state index >= 15 is 0 Å². The molecule has 0 saturated heterocycles. The lowest BCUT2D eigenvalue weighted by Gasteiger charge is -2.17. The zero-order chi connectivity index (χ0) is 19.4. The molecule has 0 saturated carbocycles. The second-order valence-electron chi connectivity index (χ2n) is 6.63. The lowest BCUT2D eigenvalue weighted by molar-refractivity contribution is -0.586. The van der Waals surface area contributed by atoms with E-state index in [1.54, 1.807) is 10.9 Å². The number of aromatic nitrogens is 2. The number of rotatable bonds is 5. The Morgan fingerprint density at radius 2 is 1.96 bits per heavy atom. The van der Waals surface area contributed by atoms with Crippen LogP contribution in [0, 0.1) is 0 Å². The number of primary amides is 1. The second kappa shape index (κ2) is 7.99. The second-order valence-corrected chi connectivity index (χ2v) is 6.63. The summed E-state index contributed by atoms with van der Waals surface area (Å²) in [5.41, 5.74) is 14.0. The van der Waals surface area contributed by atoms with E-state index in [1.165, 1.54) is 0 Å². The topological polar surface area (TPSA) is 114 Å². The van der Waals surface area contributed by atoms with E-state index in [9.17, 15) is 4.79 Å². The molecule has 0 bridgehead atoms. The first kappa shape index (κ1) is 19.4. The summed E-state index contributed by atoms with van der Waals surface area (Å²) in [6.07, 6.45) is 7.31. The summed E-state index contributed by atoms with van der Waals surface area (Å²) in [6.45, 7) is 11.1. The predicted octanol–water partition coefficient (Wildman–Crippen LogP) is 1.95. The highest BCUT2D eigenvalue weighted by Crippen LogP contribution is 2.23.